The summed E-state index contributed by atoms with van der Waals surface area (Å²) < 4.78 is 5.95. The van der Waals surface area contributed by atoms with Crippen molar-refractivity contribution in [2.45, 2.75) is 71.4 Å². The first-order valence-corrected chi connectivity index (χ1v) is 8.15. The summed E-state index contributed by atoms with van der Waals surface area (Å²) in [5.41, 5.74) is 0.0179. The predicted octanol–water partition coefficient (Wildman–Crippen LogP) is 2.48. The Balaban J connectivity index is 2.25. The van der Waals surface area contributed by atoms with Gasteiger partial charge in [-0.3, -0.25) is 4.79 Å². The summed E-state index contributed by atoms with van der Waals surface area (Å²) in [5, 5.41) is 6.36. The summed E-state index contributed by atoms with van der Waals surface area (Å²) in [6, 6.07) is 0.402. The smallest absolute Gasteiger partial charge is 0.233 e. The van der Waals surface area contributed by atoms with Crippen LogP contribution >= 0.6 is 0 Å². The highest BCUT2D eigenvalue weighted by atomic mass is 16.5. The van der Waals surface area contributed by atoms with Crippen molar-refractivity contribution in [3.8, 4) is 0 Å². The second kappa shape index (κ2) is 8.63. The largest absolute Gasteiger partial charge is 0.375 e. The van der Waals surface area contributed by atoms with E-state index in [1.54, 1.807) is 0 Å². The number of hydrogen-bond donors (Lipinski definition) is 2. The van der Waals surface area contributed by atoms with Crippen LogP contribution in [-0.2, 0) is 9.53 Å². The van der Waals surface area contributed by atoms with E-state index in [4.69, 9.17) is 4.74 Å². The summed E-state index contributed by atoms with van der Waals surface area (Å²) in [7, 11) is 0. The lowest BCUT2D eigenvalue weighted by Gasteiger charge is -2.40. The van der Waals surface area contributed by atoms with Gasteiger partial charge in [0.2, 0.25) is 5.91 Å². The standard InChI is InChI=1S/C16H32N2O2/c1-5-16(6-2)11-14(8-10-20-16)18-12-15(19)17-9-7-13(3)4/h13-14,18H,5-12H2,1-4H3,(H,17,19). The van der Waals surface area contributed by atoms with Gasteiger partial charge in [0, 0.05) is 19.2 Å². The topological polar surface area (TPSA) is 50.4 Å². The van der Waals surface area contributed by atoms with Gasteiger partial charge in [-0.25, -0.2) is 0 Å². The second-order valence-electron chi connectivity index (χ2n) is 6.34. The number of carbonyl (C=O) groups excluding carboxylic acids is 1. The van der Waals surface area contributed by atoms with Gasteiger partial charge >= 0.3 is 0 Å². The summed E-state index contributed by atoms with van der Waals surface area (Å²) in [4.78, 5) is 11.8. The molecule has 0 aliphatic carbocycles. The Kier molecular flexibility index (Phi) is 7.52. The maximum Gasteiger partial charge on any atom is 0.233 e. The fraction of sp³-hybridized carbons (Fsp3) is 0.938. The van der Waals surface area contributed by atoms with Crippen molar-refractivity contribution >= 4 is 5.91 Å². The maximum absolute atomic E-state index is 11.8. The van der Waals surface area contributed by atoms with E-state index in [-0.39, 0.29) is 11.5 Å². The van der Waals surface area contributed by atoms with Gasteiger partial charge in [0.05, 0.1) is 12.1 Å². The molecular formula is C16H32N2O2. The molecule has 0 radical (unpaired) electrons. The molecule has 1 unspecified atom stereocenters. The number of nitrogens with one attached hydrogen (secondary N) is 2. The Labute approximate surface area is 124 Å². The molecule has 0 spiro atoms. The average Bonchev–Trinajstić information content (AvgIpc) is 2.45. The first-order chi connectivity index (χ1) is 9.51. The molecule has 4 heteroatoms. The SMILES string of the molecule is CCC1(CC)CC(NCC(=O)NCCC(C)C)CCO1. The Morgan fingerprint density at radius 1 is 1.35 bits per heavy atom. The molecule has 1 atom stereocenters. The molecule has 1 fully saturated rings. The van der Waals surface area contributed by atoms with Crippen LogP contribution < -0.4 is 10.6 Å². The molecule has 0 aromatic carbocycles. The minimum absolute atomic E-state index is 0.0179. The van der Waals surface area contributed by atoms with E-state index < -0.39 is 0 Å². The van der Waals surface area contributed by atoms with Crippen molar-refractivity contribution in [1.29, 1.82) is 0 Å². The normalized spacial score (nSPS) is 21.9. The monoisotopic (exact) mass is 284 g/mol. The van der Waals surface area contributed by atoms with Crippen molar-refractivity contribution < 1.29 is 9.53 Å². The highest BCUT2D eigenvalue weighted by Crippen LogP contribution is 2.31. The molecule has 1 heterocycles. The third-order valence-corrected chi connectivity index (χ3v) is 4.38. The second-order valence-corrected chi connectivity index (χ2v) is 6.34. The molecule has 4 nitrogen and oxygen atoms in total. The van der Waals surface area contributed by atoms with Gasteiger partial charge in [-0.05, 0) is 38.0 Å². The van der Waals surface area contributed by atoms with Crippen molar-refractivity contribution in [3.63, 3.8) is 0 Å². The van der Waals surface area contributed by atoms with Crippen molar-refractivity contribution in [2.75, 3.05) is 19.7 Å². The van der Waals surface area contributed by atoms with E-state index in [1.807, 2.05) is 0 Å². The van der Waals surface area contributed by atoms with Crippen LogP contribution in [0.25, 0.3) is 0 Å². The summed E-state index contributed by atoms with van der Waals surface area (Å²) in [5.74, 6) is 0.740. The highest BCUT2D eigenvalue weighted by molar-refractivity contribution is 5.77. The minimum Gasteiger partial charge on any atom is -0.375 e. The fourth-order valence-corrected chi connectivity index (χ4v) is 2.74. The van der Waals surface area contributed by atoms with Gasteiger partial charge in [-0.1, -0.05) is 27.7 Å². The number of carbonyl (C=O) groups is 1. The average molecular weight is 284 g/mol. The minimum atomic E-state index is 0.0179. The van der Waals surface area contributed by atoms with Gasteiger partial charge in [-0.2, -0.15) is 0 Å². The quantitative estimate of drug-likeness (QED) is 0.720. The lowest BCUT2D eigenvalue weighted by Crippen LogP contribution is -2.48. The van der Waals surface area contributed by atoms with E-state index in [1.165, 1.54) is 0 Å². The Morgan fingerprint density at radius 2 is 2.05 bits per heavy atom. The summed E-state index contributed by atoms with van der Waals surface area (Å²) >= 11 is 0. The summed E-state index contributed by atoms with van der Waals surface area (Å²) in [6.07, 6.45) is 5.14. The molecule has 1 rings (SSSR count). The van der Waals surface area contributed by atoms with Crippen molar-refractivity contribution in [2.24, 2.45) is 5.92 Å². The van der Waals surface area contributed by atoms with Crippen LogP contribution in [0.1, 0.15) is 59.8 Å². The Morgan fingerprint density at radius 3 is 2.65 bits per heavy atom. The molecular weight excluding hydrogens is 252 g/mol. The lowest BCUT2D eigenvalue weighted by molar-refractivity contribution is -0.121. The first-order valence-electron chi connectivity index (χ1n) is 8.15. The van der Waals surface area contributed by atoms with E-state index >= 15 is 0 Å². The van der Waals surface area contributed by atoms with E-state index in [0.29, 0.717) is 18.5 Å². The number of amides is 1. The van der Waals surface area contributed by atoms with Crippen LogP contribution in [0, 0.1) is 5.92 Å². The molecule has 20 heavy (non-hydrogen) atoms. The number of hydrogen-bond acceptors (Lipinski definition) is 3. The Bertz CT molecular complexity index is 288. The molecule has 1 aliphatic rings. The van der Waals surface area contributed by atoms with Crippen LogP contribution in [0.2, 0.25) is 0 Å². The van der Waals surface area contributed by atoms with Gasteiger partial charge in [-0.15, -0.1) is 0 Å². The molecule has 2 N–H and O–H groups in total. The first kappa shape index (κ1) is 17.4. The molecule has 0 bridgehead atoms. The lowest BCUT2D eigenvalue weighted by atomic mass is 9.86. The fourth-order valence-electron chi connectivity index (χ4n) is 2.74. The predicted molar refractivity (Wildman–Crippen MR) is 82.8 cm³/mol. The van der Waals surface area contributed by atoms with E-state index in [2.05, 4.69) is 38.3 Å². The maximum atomic E-state index is 11.8. The third kappa shape index (κ3) is 5.80. The van der Waals surface area contributed by atoms with Crippen LogP contribution in [0.4, 0.5) is 0 Å². The van der Waals surface area contributed by atoms with Crippen LogP contribution in [0.15, 0.2) is 0 Å². The van der Waals surface area contributed by atoms with Crippen molar-refractivity contribution in [3.05, 3.63) is 0 Å². The molecule has 118 valence electrons. The van der Waals surface area contributed by atoms with Gasteiger partial charge < -0.3 is 15.4 Å². The van der Waals surface area contributed by atoms with E-state index in [9.17, 15) is 4.79 Å². The molecule has 0 aromatic rings. The van der Waals surface area contributed by atoms with Crippen LogP contribution in [0.5, 0.6) is 0 Å². The van der Waals surface area contributed by atoms with Gasteiger partial charge in [0.25, 0.3) is 0 Å². The van der Waals surface area contributed by atoms with Gasteiger partial charge in [0.1, 0.15) is 0 Å². The van der Waals surface area contributed by atoms with Crippen LogP contribution in [0.3, 0.4) is 0 Å². The third-order valence-electron chi connectivity index (χ3n) is 4.38. The molecule has 1 saturated heterocycles. The summed E-state index contributed by atoms with van der Waals surface area (Å²) in [6.45, 7) is 10.7. The molecule has 0 saturated carbocycles. The molecule has 1 aliphatic heterocycles. The van der Waals surface area contributed by atoms with Gasteiger partial charge in [0.15, 0.2) is 0 Å². The van der Waals surface area contributed by atoms with Crippen LogP contribution in [-0.4, -0.2) is 37.2 Å². The van der Waals surface area contributed by atoms with Crippen molar-refractivity contribution in [1.82, 2.24) is 10.6 Å². The van der Waals surface area contributed by atoms with E-state index in [0.717, 1.165) is 45.3 Å². The number of ether oxygens (including phenoxy) is 1. The number of rotatable bonds is 8. The Hall–Kier alpha value is -0.610. The zero-order chi connectivity index (χ0) is 15.0. The zero-order valence-electron chi connectivity index (χ0n) is 13.6. The zero-order valence-corrected chi connectivity index (χ0v) is 13.6. The highest BCUT2D eigenvalue weighted by Gasteiger charge is 2.34. The molecule has 0 aromatic heterocycles. The molecule has 1 amide bonds.